The summed E-state index contributed by atoms with van der Waals surface area (Å²) in [4.78, 5) is 27.3. The van der Waals surface area contributed by atoms with Crippen molar-refractivity contribution in [1.29, 1.82) is 0 Å². The number of rotatable bonds is 5. The van der Waals surface area contributed by atoms with Gasteiger partial charge in [-0.15, -0.1) is 0 Å². The van der Waals surface area contributed by atoms with Gasteiger partial charge >= 0.3 is 0 Å². The average Bonchev–Trinajstić information content (AvgIpc) is 2.59. The molecule has 0 saturated heterocycles. The van der Waals surface area contributed by atoms with Crippen molar-refractivity contribution in [1.82, 2.24) is 15.8 Å². The molecular weight excluding hydrogens is 298 g/mol. The first-order valence-corrected chi connectivity index (χ1v) is 6.87. The van der Waals surface area contributed by atoms with Gasteiger partial charge in [-0.3, -0.25) is 25.4 Å². The molecule has 2 rings (SSSR count). The van der Waals surface area contributed by atoms with Gasteiger partial charge in [-0.25, -0.2) is 0 Å². The van der Waals surface area contributed by atoms with E-state index in [0.29, 0.717) is 17.1 Å². The standard InChI is InChI=1S/C16H17N3O4/c1-11-3-4-13(14(9-11)22-2)23-10-15(20)18-19-16(21)12-5-7-17-8-6-12/h3-9H,10H2,1-2H3,(H,18,20)(H,19,21). The first-order valence-electron chi connectivity index (χ1n) is 6.87. The maximum absolute atomic E-state index is 11.7. The molecule has 0 fully saturated rings. The highest BCUT2D eigenvalue weighted by Gasteiger charge is 2.09. The predicted molar refractivity (Wildman–Crippen MR) is 83.1 cm³/mol. The topological polar surface area (TPSA) is 89.5 Å². The summed E-state index contributed by atoms with van der Waals surface area (Å²) in [6.45, 7) is 1.67. The van der Waals surface area contributed by atoms with Crippen LogP contribution in [0.2, 0.25) is 0 Å². The molecule has 1 aromatic heterocycles. The fraction of sp³-hybridized carbons (Fsp3) is 0.188. The second kappa shape index (κ2) is 7.79. The van der Waals surface area contributed by atoms with E-state index in [1.807, 2.05) is 13.0 Å². The lowest BCUT2D eigenvalue weighted by Gasteiger charge is -2.11. The van der Waals surface area contributed by atoms with Gasteiger partial charge in [0.15, 0.2) is 18.1 Å². The molecule has 120 valence electrons. The Balaban J connectivity index is 1.83. The molecule has 0 aliphatic carbocycles. The summed E-state index contributed by atoms with van der Waals surface area (Å²) < 4.78 is 10.6. The summed E-state index contributed by atoms with van der Waals surface area (Å²) in [6.07, 6.45) is 2.98. The maximum Gasteiger partial charge on any atom is 0.276 e. The van der Waals surface area contributed by atoms with Gasteiger partial charge in [0.25, 0.3) is 11.8 Å². The minimum atomic E-state index is -0.491. The quantitative estimate of drug-likeness (QED) is 0.810. The van der Waals surface area contributed by atoms with Gasteiger partial charge in [0.2, 0.25) is 0 Å². The highest BCUT2D eigenvalue weighted by atomic mass is 16.5. The van der Waals surface area contributed by atoms with Gasteiger partial charge in [-0.1, -0.05) is 6.07 Å². The highest BCUT2D eigenvalue weighted by Crippen LogP contribution is 2.27. The molecule has 2 N–H and O–H groups in total. The summed E-state index contributed by atoms with van der Waals surface area (Å²) in [5.41, 5.74) is 5.98. The molecule has 2 amide bonds. The SMILES string of the molecule is COc1cc(C)ccc1OCC(=O)NNC(=O)c1ccncc1. The van der Waals surface area contributed by atoms with Crippen LogP contribution < -0.4 is 20.3 Å². The smallest absolute Gasteiger partial charge is 0.276 e. The zero-order valence-corrected chi connectivity index (χ0v) is 12.8. The Hall–Kier alpha value is -3.09. The molecule has 7 nitrogen and oxygen atoms in total. The van der Waals surface area contributed by atoms with Crippen LogP contribution in [0.3, 0.4) is 0 Å². The Labute approximate surface area is 133 Å². The van der Waals surface area contributed by atoms with E-state index in [0.717, 1.165) is 5.56 Å². The van der Waals surface area contributed by atoms with Gasteiger partial charge in [0.05, 0.1) is 7.11 Å². The van der Waals surface area contributed by atoms with E-state index in [4.69, 9.17) is 9.47 Å². The lowest BCUT2D eigenvalue weighted by Crippen LogP contribution is -2.43. The van der Waals surface area contributed by atoms with Crippen molar-refractivity contribution in [2.24, 2.45) is 0 Å². The number of amides is 2. The molecule has 0 spiro atoms. The molecule has 0 bridgehead atoms. The molecular formula is C16H17N3O4. The highest BCUT2D eigenvalue weighted by molar-refractivity contribution is 5.95. The largest absolute Gasteiger partial charge is 0.493 e. The number of hydrazine groups is 1. The van der Waals surface area contributed by atoms with Crippen molar-refractivity contribution in [3.8, 4) is 11.5 Å². The summed E-state index contributed by atoms with van der Waals surface area (Å²) >= 11 is 0. The number of hydrogen-bond acceptors (Lipinski definition) is 5. The van der Waals surface area contributed by atoms with Crippen molar-refractivity contribution < 1.29 is 19.1 Å². The van der Waals surface area contributed by atoms with Crippen LogP contribution in [0.5, 0.6) is 11.5 Å². The van der Waals surface area contributed by atoms with Gasteiger partial charge in [-0.2, -0.15) is 0 Å². The monoisotopic (exact) mass is 315 g/mol. The summed E-state index contributed by atoms with van der Waals surface area (Å²) in [5.74, 6) is 0.0658. The first-order chi connectivity index (χ1) is 11.1. The first kappa shape index (κ1) is 16.3. The number of nitrogens with zero attached hydrogens (tertiary/aromatic N) is 1. The Morgan fingerprint density at radius 3 is 2.52 bits per heavy atom. The number of aromatic nitrogens is 1. The number of ether oxygens (including phenoxy) is 2. The second-order valence-corrected chi connectivity index (χ2v) is 4.68. The summed E-state index contributed by atoms with van der Waals surface area (Å²) in [5, 5.41) is 0. The number of carbonyl (C=O) groups is 2. The predicted octanol–water partition coefficient (Wildman–Crippen LogP) is 1.24. The van der Waals surface area contributed by atoms with Gasteiger partial charge in [0, 0.05) is 18.0 Å². The van der Waals surface area contributed by atoms with E-state index in [2.05, 4.69) is 15.8 Å². The number of methoxy groups -OCH3 is 1. The van der Waals surface area contributed by atoms with Crippen LogP contribution in [0.4, 0.5) is 0 Å². The zero-order valence-electron chi connectivity index (χ0n) is 12.8. The van der Waals surface area contributed by atoms with Gasteiger partial charge in [0.1, 0.15) is 0 Å². The molecule has 0 unspecified atom stereocenters. The third-order valence-corrected chi connectivity index (χ3v) is 2.94. The number of benzene rings is 1. The molecule has 0 saturated carbocycles. The molecule has 23 heavy (non-hydrogen) atoms. The lowest BCUT2D eigenvalue weighted by atomic mass is 10.2. The molecule has 1 aromatic carbocycles. The van der Waals surface area contributed by atoms with Crippen LogP contribution in [0.15, 0.2) is 42.7 Å². The van der Waals surface area contributed by atoms with E-state index < -0.39 is 11.8 Å². The number of pyridine rings is 1. The van der Waals surface area contributed by atoms with Crippen LogP contribution in [-0.2, 0) is 4.79 Å². The van der Waals surface area contributed by atoms with E-state index in [1.165, 1.54) is 31.6 Å². The Kier molecular flexibility index (Phi) is 5.51. The third-order valence-electron chi connectivity index (χ3n) is 2.94. The van der Waals surface area contributed by atoms with Crippen molar-refractivity contribution >= 4 is 11.8 Å². The summed E-state index contributed by atoms with van der Waals surface area (Å²) in [6, 6.07) is 8.45. The number of aryl methyl sites for hydroxylation is 1. The summed E-state index contributed by atoms with van der Waals surface area (Å²) in [7, 11) is 1.52. The van der Waals surface area contributed by atoms with Gasteiger partial charge < -0.3 is 9.47 Å². The van der Waals surface area contributed by atoms with E-state index in [9.17, 15) is 9.59 Å². The Morgan fingerprint density at radius 1 is 1.09 bits per heavy atom. The Morgan fingerprint density at radius 2 is 1.83 bits per heavy atom. The molecule has 0 aliphatic heterocycles. The number of hydrogen-bond donors (Lipinski definition) is 2. The third kappa shape index (κ3) is 4.70. The van der Waals surface area contributed by atoms with Crippen LogP contribution in [0, 0.1) is 6.92 Å². The van der Waals surface area contributed by atoms with Crippen molar-refractivity contribution in [3.63, 3.8) is 0 Å². The van der Waals surface area contributed by atoms with E-state index in [1.54, 1.807) is 12.1 Å². The van der Waals surface area contributed by atoms with Crippen molar-refractivity contribution in [2.75, 3.05) is 13.7 Å². The molecule has 7 heteroatoms. The van der Waals surface area contributed by atoms with Crippen LogP contribution in [0.25, 0.3) is 0 Å². The maximum atomic E-state index is 11.7. The van der Waals surface area contributed by atoms with Crippen molar-refractivity contribution in [2.45, 2.75) is 6.92 Å². The molecule has 0 atom stereocenters. The van der Waals surface area contributed by atoms with Gasteiger partial charge in [-0.05, 0) is 36.8 Å². The fourth-order valence-corrected chi connectivity index (χ4v) is 1.78. The molecule has 2 aromatic rings. The molecule has 0 radical (unpaired) electrons. The normalized spacial score (nSPS) is 9.83. The van der Waals surface area contributed by atoms with E-state index >= 15 is 0 Å². The Bertz CT molecular complexity index is 689. The minimum Gasteiger partial charge on any atom is -0.493 e. The lowest BCUT2D eigenvalue weighted by molar-refractivity contribution is -0.123. The van der Waals surface area contributed by atoms with Crippen LogP contribution >= 0.6 is 0 Å². The second-order valence-electron chi connectivity index (χ2n) is 4.68. The van der Waals surface area contributed by atoms with E-state index in [-0.39, 0.29) is 6.61 Å². The number of carbonyl (C=O) groups excluding carboxylic acids is 2. The fourth-order valence-electron chi connectivity index (χ4n) is 1.78. The molecule has 0 aliphatic rings. The molecule has 1 heterocycles. The zero-order chi connectivity index (χ0) is 16.7. The van der Waals surface area contributed by atoms with Crippen LogP contribution in [0.1, 0.15) is 15.9 Å². The van der Waals surface area contributed by atoms with Crippen LogP contribution in [-0.4, -0.2) is 30.5 Å². The minimum absolute atomic E-state index is 0.254. The average molecular weight is 315 g/mol. The van der Waals surface area contributed by atoms with Crippen molar-refractivity contribution in [3.05, 3.63) is 53.9 Å². The number of nitrogens with one attached hydrogen (secondary N) is 2.